The molecule has 7 heteroatoms. The van der Waals surface area contributed by atoms with E-state index >= 15 is 0 Å². The number of anilines is 1. The van der Waals surface area contributed by atoms with Gasteiger partial charge < -0.3 is 15.8 Å². The summed E-state index contributed by atoms with van der Waals surface area (Å²) in [6, 6.07) is 22.1. The van der Waals surface area contributed by atoms with Crippen molar-refractivity contribution in [3.63, 3.8) is 0 Å². The quantitative estimate of drug-likeness (QED) is 0.192. The van der Waals surface area contributed by atoms with Crippen molar-refractivity contribution < 1.29 is 18.7 Å². The number of halogens is 1. The summed E-state index contributed by atoms with van der Waals surface area (Å²) in [4.78, 5) is 26.9. The van der Waals surface area contributed by atoms with E-state index in [0.29, 0.717) is 11.3 Å². The summed E-state index contributed by atoms with van der Waals surface area (Å²) in [6.45, 7) is 12.3. The fourth-order valence-corrected chi connectivity index (χ4v) is 3.52. The summed E-state index contributed by atoms with van der Waals surface area (Å²) in [5.74, 6) is -1.60. The zero-order valence-electron chi connectivity index (χ0n) is 22.9. The second kappa shape index (κ2) is 18.8. The first-order valence-corrected chi connectivity index (χ1v) is 12.8. The van der Waals surface area contributed by atoms with E-state index in [9.17, 15) is 14.0 Å². The molecule has 1 aromatic heterocycles. The van der Waals surface area contributed by atoms with Crippen LogP contribution < -0.4 is 11.1 Å². The van der Waals surface area contributed by atoms with E-state index in [2.05, 4.69) is 59.4 Å². The smallest absolute Gasteiger partial charge is 0.293 e. The summed E-state index contributed by atoms with van der Waals surface area (Å²) in [5.41, 5.74) is 8.46. The molecule has 0 aliphatic rings. The Morgan fingerprint density at radius 1 is 1.05 bits per heavy atom. The van der Waals surface area contributed by atoms with E-state index in [-0.39, 0.29) is 31.1 Å². The number of pyridine rings is 1. The van der Waals surface area contributed by atoms with Gasteiger partial charge in [0.1, 0.15) is 12.4 Å². The van der Waals surface area contributed by atoms with Gasteiger partial charge >= 0.3 is 0 Å². The molecule has 0 fully saturated rings. The molecule has 6 nitrogen and oxygen atoms in total. The molecule has 1 unspecified atom stereocenters. The summed E-state index contributed by atoms with van der Waals surface area (Å²) in [7, 11) is 0. The number of ether oxygens (including phenoxy) is 1. The van der Waals surface area contributed by atoms with Crippen LogP contribution in [0.15, 0.2) is 98.3 Å². The molecular formula is C32H38FN3O3. The number of hydrogen-bond acceptors (Lipinski definition) is 5. The minimum Gasteiger partial charge on any atom is -0.463 e. The molecular weight excluding hydrogens is 493 g/mol. The van der Waals surface area contributed by atoms with Gasteiger partial charge in [-0.25, -0.2) is 4.39 Å². The zero-order valence-corrected chi connectivity index (χ0v) is 22.9. The van der Waals surface area contributed by atoms with Gasteiger partial charge in [0.2, 0.25) is 5.91 Å². The van der Waals surface area contributed by atoms with Gasteiger partial charge in [-0.15, -0.1) is 13.2 Å². The average Bonchev–Trinajstić information content (AvgIpc) is 3.00. The number of aryl methyl sites for hydroxylation is 1. The number of hydrogen-bond donors (Lipinski definition) is 2. The number of nitrogens with zero attached hydrogens (tertiary/aromatic N) is 1. The van der Waals surface area contributed by atoms with E-state index in [1.54, 1.807) is 24.5 Å². The van der Waals surface area contributed by atoms with E-state index in [1.807, 2.05) is 38.1 Å². The summed E-state index contributed by atoms with van der Waals surface area (Å²) in [5, 5.41) is 4.72. The van der Waals surface area contributed by atoms with Crippen LogP contribution in [0, 0.1) is 5.82 Å². The van der Waals surface area contributed by atoms with Crippen LogP contribution in [0.1, 0.15) is 43.4 Å². The molecule has 0 bridgehead atoms. The molecule has 4 aromatic rings. The summed E-state index contributed by atoms with van der Waals surface area (Å²) in [6.07, 6.45) is 4.55. The Balaban J connectivity index is 0.000000532. The number of nitrogens with one attached hydrogen (secondary N) is 1. The molecule has 1 amide bonds. The standard InChI is InChI=1S/C20H18FN3O3.C8H10.C2H6.C2H4/c21-19-8-14(1-2-16(19)11-27-12-25)18(9-22)20(26)24-17-4-3-15-10-23-6-5-13(15)7-17;1-2-8-6-4-3-5-7-8;2*1-2/h1-8,10,12,18H,9,11,22H2,(H,24,26);3-7H,2H2,1H3;1-2H3;1-2H2. The Hall–Kier alpha value is -4.36. The van der Waals surface area contributed by atoms with Gasteiger partial charge in [0, 0.05) is 35.6 Å². The second-order valence-electron chi connectivity index (χ2n) is 7.81. The predicted octanol–water partition coefficient (Wildman–Crippen LogP) is 6.81. The molecule has 1 atom stereocenters. The highest BCUT2D eigenvalue weighted by atomic mass is 19.1. The van der Waals surface area contributed by atoms with Gasteiger partial charge in [-0.1, -0.05) is 69.3 Å². The van der Waals surface area contributed by atoms with Crippen LogP contribution in [-0.4, -0.2) is 23.9 Å². The number of benzene rings is 3. The fraction of sp³-hybridized carbons (Fsp3) is 0.219. The zero-order chi connectivity index (χ0) is 29.0. The lowest BCUT2D eigenvalue weighted by atomic mass is 9.96. The molecule has 39 heavy (non-hydrogen) atoms. The molecule has 0 radical (unpaired) electrons. The van der Waals surface area contributed by atoms with E-state index in [4.69, 9.17) is 5.73 Å². The molecule has 0 aliphatic carbocycles. The van der Waals surface area contributed by atoms with Crippen molar-refractivity contribution in [2.24, 2.45) is 5.73 Å². The predicted molar refractivity (Wildman–Crippen MR) is 158 cm³/mol. The minimum absolute atomic E-state index is 0.0208. The third-order valence-corrected chi connectivity index (χ3v) is 5.50. The number of nitrogens with two attached hydrogens (primary N) is 1. The largest absolute Gasteiger partial charge is 0.463 e. The van der Waals surface area contributed by atoms with Crippen LogP contribution in [0.5, 0.6) is 0 Å². The van der Waals surface area contributed by atoms with Gasteiger partial charge in [-0.2, -0.15) is 0 Å². The third kappa shape index (κ3) is 10.5. The molecule has 0 saturated heterocycles. The van der Waals surface area contributed by atoms with Gasteiger partial charge in [0.05, 0.1) is 5.92 Å². The van der Waals surface area contributed by atoms with Crippen molar-refractivity contribution in [2.45, 2.75) is 39.7 Å². The molecule has 0 aliphatic heterocycles. The number of aromatic nitrogens is 1. The highest BCUT2D eigenvalue weighted by molar-refractivity contribution is 5.98. The molecule has 206 valence electrons. The van der Waals surface area contributed by atoms with Crippen LogP contribution in [-0.2, 0) is 27.4 Å². The Morgan fingerprint density at radius 3 is 2.36 bits per heavy atom. The Bertz CT molecular complexity index is 1280. The van der Waals surface area contributed by atoms with Gasteiger partial charge in [-0.3, -0.25) is 14.6 Å². The van der Waals surface area contributed by atoms with Crippen LogP contribution in [0.2, 0.25) is 0 Å². The van der Waals surface area contributed by atoms with Crippen molar-refractivity contribution in [1.29, 1.82) is 0 Å². The highest BCUT2D eigenvalue weighted by Crippen LogP contribution is 2.23. The lowest BCUT2D eigenvalue weighted by Gasteiger charge is -2.16. The maximum Gasteiger partial charge on any atom is 0.293 e. The van der Waals surface area contributed by atoms with Crippen LogP contribution in [0.3, 0.4) is 0 Å². The number of amides is 1. The maximum atomic E-state index is 14.2. The first-order chi connectivity index (χ1) is 19.0. The average molecular weight is 532 g/mol. The number of rotatable bonds is 8. The lowest BCUT2D eigenvalue weighted by molar-refractivity contribution is -0.129. The monoisotopic (exact) mass is 531 g/mol. The van der Waals surface area contributed by atoms with Crippen LogP contribution in [0.25, 0.3) is 10.8 Å². The third-order valence-electron chi connectivity index (χ3n) is 5.50. The number of carbonyl (C=O) groups is 2. The van der Waals surface area contributed by atoms with Crippen molar-refractivity contribution in [3.05, 3.63) is 121 Å². The first kappa shape index (κ1) is 32.7. The number of fused-ring (bicyclic) bond motifs is 1. The molecule has 3 N–H and O–H groups in total. The first-order valence-electron chi connectivity index (χ1n) is 12.8. The normalized spacial score (nSPS) is 10.3. The second-order valence-corrected chi connectivity index (χ2v) is 7.81. The fourth-order valence-electron chi connectivity index (χ4n) is 3.52. The van der Waals surface area contributed by atoms with E-state index < -0.39 is 11.7 Å². The van der Waals surface area contributed by atoms with Gasteiger partial charge in [-0.05, 0) is 47.2 Å². The molecule has 0 saturated carbocycles. The molecule has 1 heterocycles. The minimum atomic E-state index is -0.714. The molecule has 3 aromatic carbocycles. The van der Waals surface area contributed by atoms with Gasteiger partial charge in [0.15, 0.2) is 0 Å². The van der Waals surface area contributed by atoms with E-state index in [0.717, 1.165) is 17.2 Å². The van der Waals surface area contributed by atoms with Crippen LogP contribution >= 0.6 is 0 Å². The van der Waals surface area contributed by atoms with Gasteiger partial charge in [0.25, 0.3) is 6.47 Å². The Kier molecular flexibility index (Phi) is 15.8. The number of carbonyl (C=O) groups excluding carboxylic acids is 2. The lowest BCUT2D eigenvalue weighted by Crippen LogP contribution is -2.27. The SMILES string of the molecule is C=C.CC.CCc1ccccc1.NCC(C(=O)Nc1ccc2cnccc2c1)c1ccc(COC=O)c(F)c1. The summed E-state index contributed by atoms with van der Waals surface area (Å²) >= 11 is 0. The van der Waals surface area contributed by atoms with Crippen molar-refractivity contribution in [1.82, 2.24) is 4.98 Å². The van der Waals surface area contributed by atoms with Crippen LogP contribution in [0.4, 0.5) is 10.1 Å². The Labute approximate surface area is 230 Å². The van der Waals surface area contributed by atoms with E-state index in [1.165, 1.54) is 17.7 Å². The Morgan fingerprint density at radius 2 is 1.77 bits per heavy atom. The molecule has 4 rings (SSSR count). The van der Waals surface area contributed by atoms with Crippen molar-refractivity contribution in [2.75, 3.05) is 11.9 Å². The highest BCUT2D eigenvalue weighted by Gasteiger charge is 2.21. The summed E-state index contributed by atoms with van der Waals surface area (Å²) < 4.78 is 18.7. The topological polar surface area (TPSA) is 94.3 Å². The van der Waals surface area contributed by atoms with Crippen molar-refractivity contribution >= 4 is 28.8 Å². The maximum absolute atomic E-state index is 14.2. The molecule has 0 spiro atoms. The van der Waals surface area contributed by atoms with Crippen molar-refractivity contribution in [3.8, 4) is 0 Å².